The second-order valence-electron chi connectivity index (χ2n) is 5.28. The number of nitrogens with zero attached hydrogens (tertiary/aromatic N) is 1. The van der Waals surface area contributed by atoms with Crippen LogP contribution in [0.3, 0.4) is 0 Å². The minimum Gasteiger partial charge on any atom is -0.380 e. The molecule has 1 aromatic heterocycles. The molecule has 21 heavy (non-hydrogen) atoms. The smallest absolute Gasteiger partial charge is 0.0713 e. The van der Waals surface area contributed by atoms with Gasteiger partial charge in [-0.25, -0.2) is 0 Å². The lowest BCUT2D eigenvalue weighted by Gasteiger charge is -2.32. The Morgan fingerprint density at radius 2 is 1.95 bits per heavy atom. The molecular formula is C17H24N2OS. The summed E-state index contributed by atoms with van der Waals surface area (Å²) in [5, 5.41) is 2.12. The minimum absolute atomic E-state index is 0.221. The molecule has 3 nitrogen and oxygen atoms in total. The van der Waals surface area contributed by atoms with E-state index in [1.165, 1.54) is 16.0 Å². The molecular weight excluding hydrogens is 280 g/mol. The highest BCUT2D eigenvalue weighted by Gasteiger charge is 2.21. The molecule has 1 heterocycles. The Balaban J connectivity index is 2.14. The number of methoxy groups -OCH3 is 1. The number of rotatable bonds is 7. The van der Waals surface area contributed by atoms with Crippen LogP contribution in [0, 0.1) is 0 Å². The van der Waals surface area contributed by atoms with Crippen molar-refractivity contribution < 1.29 is 4.74 Å². The van der Waals surface area contributed by atoms with Gasteiger partial charge in [0, 0.05) is 30.6 Å². The van der Waals surface area contributed by atoms with Crippen LogP contribution in [0.1, 0.15) is 35.0 Å². The lowest BCUT2D eigenvalue weighted by atomic mass is 10.0. The molecule has 0 saturated heterocycles. The van der Waals surface area contributed by atoms with Crippen LogP contribution in [0.2, 0.25) is 0 Å². The number of thiophene rings is 1. The first-order valence-corrected chi connectivity index (χ1v) is 8.08. The first-order valence-electron chi connectivity index (χ1n) is 7.20. The normalized spacial score (nSPS) is 14.3. The largest absolute Gasteiger partial charge is 0.380 e. The second kappa shape index (κ2) is 7.71. The van der Waals surface area contributed by atoms with Crippen LogP contribution in [0.5, 0.6) is 0 Å². The summed E-state index contributed by atoms with van der Waals surface area (Å²) in [5.74, 6) is 0. The van der Waals surface area contributed by atoms with Gasteiger partial charge in [0.15, 0.2) is 0 Å². The molecule has 0 radical (unpaired) electrons. The van der Waals surface area contributed by atoms with Gasteiger partial charge in [-0.05, 0) is 36.5 Å². The molecule has 0 fully saturated rings. The summed E-state index contributed by atoms with van der Waals surface area (Å²) in [7, 11) is 3.86. The summed E-state index contributed by atoms with van der Waals surface area (Å²) in [6.45, 7) is 3.48. The number of hydrogen-bond acceptors (Lipinski definition) is 4. The Kier molecular flexibility index (Phi) is 5.94. The summed E-state index contributed by atoms with van der Waals surface area (Å²) < 4.78 is 5.16. The van der Waals surface area contributed by atoms with Gasteiger partial charge in [0.2, 0.25) is 0 Å². The molecule has 0 bridgehead atoms. The van der Waals surface area contributed by atoms with Gasteiger partial charge in [-0.15, -0.1) is 11.3 Å². The predicted octanol–water partition coefficient (Wildman–Crippen LogP) is 3.59. The van der Waals surface area contributed by atoms with Crippen LogP contribution >= 0.6 is 11.3 Å². The van der Waals surface area contributed by atoms with E-state index in [9.17, 15) is 0 Å². The molecule has 0 amide bonds. The monoisotopic (exact) mass is 304 g/mol. The number of benzene rings is 1. The summed E-state index contributed by atoms with van der Waals surface area (Å²) in [5.41, 5.74) is 8.47. The van der Waals surface area contributed by atoms with Crippen molar-refractivity contribution in [2.75, 3.05) is 20.7 Å². The fourth-order valence-electron chi connectivity index (χ4n) is 2.54. The van der Waals surface area contributed by atoms with Crippen LogP contribution in [-0.4, -0.2) is 25.6 Å². The molecule has 4 heteroatoms. The summed E-state index contributed by atoms with van der Waals surface area (Å²) in [6.07, 6.45) is 0. The van der Waals surface area contributed by atoms with Gasteiger partial charge >= 0.3 is 0 Å². The minimum atomic E-state index is 0.221. The third-order valence-corrected chi connectivity index (χ3v) is 5.00. The van der Waals surface area contributed by atoms with Crippen molar-refractivity contribution in [2.24, 2.45) is 5.73 Å². The number of hydrogen-bond donors (Lipinski definition) is 1. The molecule has 0 aliphatic heterocycles. The first kappa shape index (κ1) is 16.2. The van der Waals surface area contributed by atoms with E-state index in [-0.39, 0.29) is 6.04 Å². The third-order valence-electron chi connectivity index (χ3n) is 3.96. The van der Waals surface area contributed by atoms with E-state index in [1.807, 2.05) is 0 Å². The fraction of sp³-hybridized carbons (Fsp3) is 0.412. The van der Waals surface area contributed by atoms with E-state index in [0.29, 0.717) is 19.2 Å². The summed E-state index contributed by atoms with van der Waals surface area (Å²) >= 11 is 1.79. The van der Waals surface area contributed by atoms with Gasteiger partial charge in [0.25, 0.3) is 0 Å². The maximum absolute atomic E-state index is 6.03. The van der Waals surface area contributed by atoms with Gasteiger partial charge in [0.05, 0.1) is 6.61 Å². The molecule has 2 aromatic rings. The van der Waals surface area contributed by atoms with Crippen molar-refractivity contribution in [1.82, 2.24) is 4.90 Å². The van der Waals surface area contributed by atoms with E-state index >= 15 is 0 Å². The van der Waals surface area contributed by atoms with Crippen LogP contribution < -0.4 is 5.73 Å². The van der Waals surface area contributed by atoms with E-state index in [2.05, 4.69) is 60.6 Å². The lowest BCUT2D eigenvalue weighted by molar-refractivity contribution is 0.184. The lowest BCUT2D eigenvalue weighted by Crippen LogP contribution is -2.32. The molecule has 1 aromatic carbocycles. The highest BCUT2D eigenvalue weighted by atomic mass is 32.1. The summed E-state index contributed by atoms with van der Waals surface area (Å²) in [4.78, 5) is 3.71. The third kappa shape index (κ3) is 3.92. The van der Waals surface area contributed by atoms with Gasteiger partial charge in [-0.3, -0.25) is 4.90 Å². The van der Waals surface area contributed by atoms with Crippen molar-refractivity contribution >= 4 is 11.3 Å². The average Bonchev–Trinajstić information content (AvgIpc) is 3.03. The number of nitrogens with two attached hydrogens (primary N) is 1. The quantitative estimate of drug-likeness (QED) is 0.849. The second-order valence-corrected chi connectivity index (χ2v) is 6.26. The van der Waals surface area contributed by atoms with E-state index in [4.69, 9.17) is 10.5 Å². The van der Waals surface area contributed by atoms with Crippen molar-refractivity contribution in [2.45, 2.75) is 25.6 Å². The molecule has 114 valence electrons. The molecule has 0 saturated carbocycles. The number of likely N-dealkylation sites (N-methyl/N-ethyl adjacent to an activating group) is 1. The zero-order chi connectivity index (χ0) is 15.2. The van der Waals surface area contributed by atoms with Gasteiger partial charge in [-0.1, -0.05) is 30.3 Å². The predicted molar refractivity (Wildman–Crippen MR) is 89.4 cm³/mol. The fourth-order valence-corrected chi connectivity index (χ4v) is 3.37. The van der Waals surface area contributed by atoms with Gasteiger partial charge in [-0.2, -0.15) is 0 Å². The zero-order valence-electron chi connectivity index (χ0n) is 13.0. The van der Waals surface area contributed by atoms with Crippen molar-refractivity contribution in [3.63, 3.8) is 0 Å². The Hall–Kier alpha value is -1.20. The van der Waals surface area contributed by atoms with Crippen LogP contribution in [0.15, 0.2) is 41.8 Å². The zero-order valence-corrected chi connectivity index (χ0v) is 13.8. The maximum atomic E-state index is 6.03. The van der Waals surface area contributed by atoms with E-state index in [1.54, 1.807) is 18.4 Å². The first-order chi connectivity index (χ1) is 10.2. The van der Waals surface area contributed by atoms with Crippen molar-refractivity contribution in [3.8, 4) is 0 Å². The van der Waals surface area contributed by atoms with Gasteiger partial charge in [0.1, 0.15) is 0 Å². The van der Waals surface area contributed by atoms with Crippen LogP contribution in [-0.2, 0) is 11.3 Å². The summed E-state index contributed by atoms with van der Waals surface area (Å²) in [6, 6.07) is 13.4. The molecule has 2 rings (SSSR count). The van der Waals surface area contributed by atoms with E-state index < -0.39 is 0 Å². The number of ether oxygens (including phenoxy) is 1. The van der Waals surface area contributed by atoms with E-state index in [0.717, 1.165) is 0 Å². The molecule has 0 aliphatic rings. The Bertz CT molecular complexity index is 524. The van der Waals surface area contributed by atoms with Crippen molar-refractivity contribution in [1.29, 1.82) is 0 Å². The standard InChI is InChI=1S/C17H24N2OS/c1-13(17-5-4-10-21-17)19(2)16(11-18)15-8-6-14(7-9-15)12-20-3/h4-10,13,16H,11-12,18H2,1-3H3. The highest BCUT2D eigenvalue weighted by Crippen LogP contribution is 2.30. The molecule has 2 atom stereocenters. The van der Waals surface area contributed by atoms with Crippen LogP contribution in [0.4, 0.5) is 0 Å². The molecule has 2 N–H and O–H groups in total. The van der Waals surface area contributed by atoms with Crippen LogP contribution in [0.25, 0.3) is 0 Å². The highest BCUT2D eigenvalue weighted by molar-refractivity contribution is 7.10. The SMILES string of the molecule is COCc1ccc(C(CN)N(C)C(C)c2cccs2)cc1. The Labute approximate surface area is 131 Å². The molecule has 0 aliphatic carbocycles. The Morgan fingerprint density at radius 3 is 2.48 bits per heavy atom. The average molecular weight is 304 g/mol. The molecule has 0 spiro atoms. The van der Waals surface area contributed by atoms with Crippen molar-refractivity contribution in [3.05, 3.63) is 57.8 Å². The maximum Gasteiger partial charge on any atom is 0.0713 e. The Morgan fingerprint density at radius 1 is 1.24 bits per heavy atom. The topological polar surface area (TPSA) is 38.5 Å². The molecule has 2 unspecified atom stereocenters. The van der Waals surface area contributed by atoms with Gasteiger partial charge < -0.3 is 10.5 Å².